The Balaban J connectivity index is 2.78. The minimum absolute atomic E-state index is 0.297. The molecule has 5 heteroatoms. The van der Waals surface area contributed by atoms with Gasteiger partial charge in [0, 0.05) is 13.6 Å². The van der Waals surface area contributed by atoms with Gasteiger partial charge in [-0.1, -0.05) is 13.8 Å². The summed E-state index contributed by atoms with van der Waals surface area (Å²) in [6, 6.07) is 0. The lowest BCUT2D eigenvalue weighted by atomic mass is 10.1. The van der Waals surface area contributed by atoms with E-state index < -0.39 is 0 Å². The van der Waals surface area contributed by atoms with Gasteiger partial charge in [0.15, 0.2) is 11.6 Å². The second-order valence-corrected chi connectivity index (χ2v) is 4.35. The Morgan fingerprint density at radius 3 is 2.76 bits per heavy atom. The van der Waals surface area contributed by atoms with E-state index in [2.05, 4.69) is 22.2 Å². The number of nitrogens with zero attached hydrogens (tertiary/aromatic N) is 3. The number of halogens is 1. The third-order valence-electron chi connectivity index (χ3n) is 2.68. The fraction of sp³-hybridized carbons (Fsp3) is 0.667. The molecule has 0 aliphatic carbocycles. The number of hydrogen-bond donors (Lipinski definition) is 1. The van der Waals surface area contributed by atoms with Gasteiger partial charge < -0.3 is 10.2 Å². The topological polar surface area (TPSA) is 41.1 Å². The molecule has 0 fully saturated rings. The summed E-state index contributed by atoms with van der Waals surface area (Å²) >= 11 is 0. The van der Waals surface area contributed by atoms with E-state index in [1.54, 1.807) is 0 Å². The van der Waals surface area contributed by atoms with E-state index >= 15 is 0 Å². The van der Waals surface area contributed by atoms with E-state index in [1.165, 1.54) is 6.33 Å². The molecule has 0 amide bonds. The molecule has 0 spiro atoms. The third-order valence-corrected chi connectivity index (χ3v) is 2.68. The first-order valence-corrected chi connectivity index (χ1v) is 5.95. The van der Waals surface area contributed by atoms with E-state index in [-0.39, 0.29) is 5.82 Å². The SMILES string of the molecule is CCc1ncnc(N(C)CC(C)CNC)c1F. The van der Waals surface area contributed by atoms with Crippen LogP contribution in [0.15, 0.2) is 6.33 Å². The standard InChI is InChI=1S/C12H21FN4/c1-5-10-11(13)12(16-8-15-10)17(4)7-9(2)6-14-3/h8-9,14H,5-7H2,1-4H3. The molecular weight excluding hydrogens is 219 g/mol. The Kier molecular flexibility index (Phi) is 5.28. The Labute approximate surface area is 102 Å². The van der Waals surface area contributed by atoms with Crippen LogP contribution in [0.4, 0.5) is 10.2 Å². The van der Waals surface area contributed by atoms with Crippen LogP contribution in [0.25, 0.3) is 0 Å². The summed E-state index contributed by atoms with van der Waals surface area (Å²) in [5.74, 6) is 0.526. The summed E-state index contributed by atoms with van der Waals surface area (Å²) in [5.41, 5.74) is 0.475. The number of rotatable bonds is 6. The molecule has 96 valence electrons. The van der Waals surface area contributed by atoms with Crippen LogP contribution in [-0.2, 0) is 6.42 Å². The summed E-state index contributed by atoms with van der Waals surface area (Å²) in [5, 5.41) is 3.11. The van der Waals surface area contributed by atoms with Crippen molar-refractivity contribution in [3.05, 3.63) is 17.8 Å². The van der Waals surface area contributed by atoms with Crippen LogP contribution in [0, 0.1) is 11.7 Å². The van der Waals surface area contributed by atoms with E-state index in [4.69, 9.17) is 0 Å². The van der Waals surface area contributed by atoms with Gasteiger partial charge in [0.25, 0.3) is 0 Å². The molecule has 0 bridgehead atoms. The maximum absolute atomic E-state index is 14.0. The van der Waals surface area contributed by atoms with Crippen molar-refractivity contribution >= 4 is 5.82 Å². The molecule has 1 aromatic heterocycles. The average Bonchev–Trinajstić information content (AvgIpc) is 2.29. The zero-order chi connectivity index (χ0) is 12.8. The summed E-state index contributed by atoms with van der Waals surface area (Å²) in [6.07, 6.45) is 2.01. The van der Waals surface area contributed by atoms with Crippen molar-refractivity contribution < 1.29 is 4.39 Å². The number of nitrogens with one attached hydrogen (secondary N) is 1. The number of aromatic nitrogens is 2. The van der Waals surface area contributed by atoms with Crippen LogP contribution >= 0.6 is 0 Å². The number of anilines is 1. The van der Waals surface area contributed by atoms with Crippen LogP contribution in [0.5, 0.6) is 0 Å². The largest absolute Gasteiger partial charge is 0.357 e. The monoisotopic (exact) mass is 240 g/mol. The lowest BCUT2D eigenvalue weighted by Crippen LogP contribution is -2.31. The van der Waals surface area contributed by atoms with E-state index in [9.17, 15) is 4.39 Å². The Morgan fingerprint density at radius 1 is 1.47 bits per heavy atom. The molecule has 0 aliphatic rings. The van der Waals surface area contributed by atoms with Crippen LogP contribution < -0.4 is 10.2 Å². The van der Waals surface area contributed by atoms with Gasteiger partial charge in [0.1, 0.15) is 6.33 Å². The van der Waals surface area contributed by atoms with Crippen molar-refractivity contribution in [2.45, 2.75) is 20.3 Å². The Bertz CT molecular complexity index is 356. The highest BCUT2D eigenvalue weighted by Crippen LogP contribution is 2.17. The third kappa shape index (κ3) is 3.63. The molecule has 1 atom stereocenters. The number of hydrogen-bond acceptors (Lipinski definition) is 4. The maximum atomic E-state index is 14.0. The fourth-order valence-electron chi connectivity index (χ4n) is 1.88. The van der Waals surface area contributed by atoms with E-state index in [0.29, 0.717) is 23.9 Å². The molecule has 0 aromatic carbocycles. The lowest BCUT2D eigenvalue weighted by molar-refractivity contribution is 0.528. The van der Waals surface area contributed by atoms with Crippen molar-refractivity contribution in [1.82, 2.24) is 15.3 Å². The molecular formula is C12H21FN4. The highest BCUT2D eigenvalue weighted by molar-refractivity contribution is 5.40. The minimum Gasteiger partial charge on any atom is -0.357 e. The molecule has 17 heavy (non-hydrogen) atoms. The average molecular weight is 240 g/mol. The highest BCUT2D eigenvalue weighted by Gasteiger charge is 2.15. The van der Waals surface area contributed by atoms with Crippen LogP contribution in [0.2, 0.25) is 0 Å². The molecule has 1 aromatic rings. The predicted octanol–water partition coefficient (Wildman–Crippen LogP) is 1.47. The molecule has 1 N–H and O–H groups in total. The molecule has 0 saturated carbocycles. The molecule has 1 rings (SSSR count). The smallest absolute Gasteiger partial charge is 0.187 e. The van der Waals surface area contributed by atoms with Crippen LogP contribution in [-0.4, -0.2) is 37.2 Å². The molecule has 0 radical (unpaired) electrons. The van der Waals surface area contributed by atoms with Crippen LogP contribution in [0.3, 0.4) is 0 Å². The first kappa shape index (κ1) is 13.8. The zero-order valence-electron chi connectivity index (χ0n) is 11.0. The van der Waals surface area contributed by atoms with E-state index in [1.807, 2.05) is 25.9 Å². The van der Waals surface area contributed by atoms with Gasteiger partial charge in [-0.3, -0.25) is 0 Å². The Morgan fingerprint density at radius 2 is 2.18 bits per heavy atom. The second kappa shape index (κ2) is 6.49. The first-order valence-electron chi connectivity index (χ1n) is 5.95. The van der Waals surface area contributed by atoms with Crippen molar-refractivity contribution in [1.29, 1.82) is 0 Å². The van der Waals surface area contributed by atoms with Gasteiger partial charge in [-0.15, -0.1) is 0 Å². The quantitative estimate of drug-likeness (QED) is 0.817. The summed E-state index contributed by atoms with van der Waals surface area (Å²) < 4.78 is 14.0. The number of aryl methyl sites for hydroxylation is 1. The minimum atomic E-state index is -0.297. The summed E-state index contributed by atoms with van der Waals surface area (Å²) in [4.78, 5) is 9.79. The Hall–Kier alpha value is -1.23. The second-order valence-electron chi connectivity index (χ2n) is 4.35. The predicted molar refractivity (Wildman–Crippen MR) is 67.7 cm³/mol. The molecule has 4 nitrogen and oxygen atoms in total. The maximum Gasteiger partial charge on any atom is 0.187 e. The summed E-state index contributed by atoms with van der Waals surface area (Å²) in [6.45, 7) is 5.67. The van der Waals surface area contributed by atoms with Gasteiger partial charge in [0.2, 0.25) is 0 Å². The molecule has 0 saturated heterocycles. The first-order chi connectivity index (χ1) is 8.10. The summed E-state index contributed by atoms with van der Waals surface area (Å²) in [7, 11) is 3.77. The van der Waals surface area contributed by atoms with Crippen molar-refractivity contribution in [3.63, 3.8) is 0 Å². The molecule has 1 unspecified atom stereocenters. The molecule has 1 heterocycles. The van der Waals surface area contributed by atoms with E-state index in [0.717, 1.165) is 13.1 Å². The van der Waals surface area contributed by atoms with Gasteiger partial charge in [0.05, 0.1) is 5.69 Å². The zero-order valence-corrected chi connectivity index (χ0v) is 11.0. The fourth-order valence-corrected chi connectivity index (χ4v) is 1.88. The van der Waals surface area contributed by atoms with Gasteiger partial charge >= 0.3 is 0 Å². The van der Waals surface area contributed by atoms with Crippen molar-refractivity contribution in [3.8, 4) is 0 Å². The lowest BCUT2D eigenvalue weighted by Gasteiger charge is -2.23. The molecule has 0 aliphatic heterocycles. The van der Waals surface area contributed by atoms with Gasteiger partial charge in [-0.2, -0.15) is 0 Å². The highest BCUT2D eigenvalue weighted by atomic mass is 19.1. The van der Waals surface area contributed by atoms with Crippen molar-refractivity contribution in [2.24, 2.45) is 5.92 Å². The normalized spacial score (nSPS) is 12.5. The van der Waals surface area contributed by atoms with Crippen LogP contribution in [0.1, 0.15) is 19.5 Å². The van der Waals surface area contributed by atoms with Gasteiger partial charge in [-0.05, 0) is 25.9 Å². The van der Waals surface area contributed by atoms with Crippen molar-refractivity contribution in [2.75, 3.05) is 32.1 Å². The van der Waals surface area contributed by atoms with Gasteiger partial charge in [-0.25, -0.2) is 14.4 Å².